The molecule has 5 aromatic rings. The lowest BCUT2D eigenvalue weighted by atomic mass is 10.0. The van der Waals surface area contributed by atoms with Crippen molar-refractivity contribution < 1.29 is 14.3 Å². The lowest BCUT2D eigenvalue weighted by Crippen LogP contribution is -2.04. The predicted octanol–water partition coefficient (Wildman–Crippen LogP) is 3.78. The van der Waals surface area contributed by atoms with Crippen molar-refractivity contribution in [1.29, 1.82) is 0 Å². The van der Waals surface area contributed by atoms with Gasteiger partial charge in [-0.25, -0.2) is 19.3 Å². The van der Waals surface area contributed by atoms with Crippen molar-refractivity contribution in [2.24, 2.45) is 0 Å². The number of nitrogen functional groups attached to an aromatic ring is 1. The highest BCUT2D eigenvalue weighted by Gasteiger charge is 2.22. The van der Waals surface area contributed by atoms with Crippen molar-refractivity contribution >= 4 is 40.0 Å². The summed E-state index contributed by atoms with van der Waals surface area (Å²) in [6, 6.07) is 13.2. The number of esters is 1. The Morgan fingerprint density at radius 2 is 2.03 bits per heavy atom. The minimum atomic E-state index is -0.447. The molecule has 0 aliphatic carbocycles. The maximum Gasteiger partial charge on any atom is 0.340 e. The number of ether oxygens (including phenoxy) is 2. The highest BCUT2D eigenvalue weighted by atomic mass is 16.5. The molecule has 10 nitrogen and oxygen atoms in total. The third-order valence-electron chi connectivity index (χ3n) is 5.22. The number of H-pyrrole nitrogens is 1. The van der Waals surface area contributed by atoms with Crippen LogP contribution in [0.1, 0.15) is 17.3 Å². The third kappa shape index (κ3) is 3.67. The van der Waals surface area contributed by atoms with E-state index in [1.54, 1.807) is 24.7 Å². The number of methoxy groups -OCH3 is 1. The van der Waals surface area contributed by atoms with Crippen LogP contribution in [0.3, 0.4) is 0 Å². The molecule has 0 unspecified atom stereocenters. The van der Waals surface area contributed by atoms with Crippen molar-refractivity contribution in [3.63, 3.8) is 0 Å². The summed E-state index contributed by atoms with van der Waals surface area (Å²) in [6.45, 7) is 2.02. The fraction of sp³-hybridized carbons (Fsp3) is 0.130. The molecule has 4 N–H and O–H groups in total. The number of rotatable bonds is 6. The van der Waals surface area contributed by atoms with Gasteiger partial charge in [-0.1, -0.05) is 12.1 Å². The molecule has 0 atom stereocenters. The number of aromatic nitrogens is 5. The Morgan fingerprint density at radius 1 is 1.21 bits per heavy atom. The van der Waals surface area contributed by atoms with Crippen LogP contribution in [0, 0.1) is 0 Å². The predicted molar refractivity (Wildman–Crippen MR) is 125 cm³/mol. The first-order valence-corrected chi connectivity index (χ1v) is 10.3. The molecular weight excluding hydrogens is 422 g/mol. The molecule has 3 aromatic heterocycles. The van der Waals surface area contributed by atoms with Gasteiger partial charge in [0.2, 0.25) is 5.95 Å². The van der Waals surface area contributed by atoms with Crippen LogP contribution in [0.2, 0.25) is 0 Å². The van der Waals surface area contributed by atoms with Gasteiger partial charge < -0.3 is 25.5 Å². The first-order chi connectivity index (χ1) is 16.1. The number of aromatic amines is 1. The maximum atomic E-state index is 12.6. The lowest BCUT2D eigenvalue weighted by molar-refractivity contribution is 0.0527. The number of nitrogens with two attached hydrogens (primary N) is 1. The number of imidazole rings is 1. The van der Waals surface area contributed by atoms with Crippen molar-refractivity contribution in [3.8, 4) is 16.9 Å². The zero-order valence-corrected chi connectivity index (χ0v) is 18.0. The molecule has 0 saturated carbocycles. The van der Waals surface area contributed by atoms with Gasteiger partial charge in [0.15, 0.2) is 5.82 Å². The van der Waals surface area contributed by atoms with E-state index < -0.39 is 5.97 Å². The Hall–Kier alpha value is -4.60. The number of fused-ring (bicyclic) bond motifs is 2. The molecule has 0 amide bonds. The molecule has 33 heavy (non-hydrogen) atoms. The Labute approximate surface area is 188 Å². The molecule has 0 fully saturated rings. The van der Waals surface area contributed by atoms with Crippen LogP contribution in [0.25, 0.3) is 27.7 Å². The molecule has 0 aliphatic rings. The zero-order valence-electron chi connectivity index (χ0n) is 18.0. The van der Waals surface area contributed by atoms with Crippen LogP contribution in [0.15, 0.2) is 55.0 Å². The number of hydrogen-bond donors (Lipinski definition) is 3. The van der Waals surface area contributed by atoms with Crippen LogP contribution in [-0.2, 0) is 4.74 Å². The van der Waals surface area contributed by atoms with Crippen LogP contribution >= 0.6 is 0 Å². The van der Waals surface area contributed by atoms with Gasteiger partial charge >= 0.3 is 5.97 Å². The molecule has 10 heteroatoms. The molecule has 5 rings (SSSR count). The Balaban J connectivity index is 1.49. The van der Waals surface area contributed by atoms with Crippen LogP contribution < -0.4 is 15.8 Å². The molecule has 166 valence electrons. The van der Waals surface area contributed by atoms with E-state index in [9.17, 15) is 4.79 Å². The van der Waals surface area contributed by atoms with E-state index in [2.05, 4.69) is 25.4 Å². The number of hydrogen-bond acceptors (Lipinski definition) is 8. The summed E-state index contributed by atoms with van der Waals surface area (Å²) >= 11 is 0. The minimum absolute atomic E-state index is 0.262. The molecule has 0 bridgehead atoms. The van der Waals surface area contributed by atoms with Crippen LogP contribution in [-0.4, -0.2) is 44.3 Å². The quantitative estimate of drug-likeness (QED) is 0.338. The average molecular weight is 443 g/mol. The summed E-state index contributed by atoms with van der Waals surface area (Å²) < 4.78 is 12.0. The average Bonchev–Trinajstić information content (AvgIpc) is 3.41. The minimum Gasteiger partial charge on any atom is -0.497 e. The fourth-order valence-electron chi connectivity index (χ4n) is 3.72. The number of carbonyl (C=O) groups excluding carboxylic acids is 1. The second-order valence-electron chi connectivity index (χ2n) is 7.25. The Morgan fingerprint density at radius 3 is 2.79 bits per heavy atom. The summed E-state index contributed by atoms with van der Waals surface area (Å²) in [5.41, 5.74) is 10.9. The van der Waals surface area contributed by atoms with E-state index in [-0.39, 0.29) is 12.4 Å². The summed E-state index contributed by atoms with van der Waals surface area (Å²) in [6.07, 6.45) is 2.95. The zero-order chi connectivity index (χ0) is 22.9. The second-order valence-corrected chi connectivity index (χ2v) is 7.25. The summed E-state index contributed by atoms with van der Waals surface area (Å²) in [5, 5.41) is 7.44. The van der Waals surface area contributed by atoms with E-state index >= 15 is 0 Å². The van der Waals surface area contributed by atoms with E-state index in [0.29, 0.717) is 22.6 Å². The number of nitrogens with one attached hydrogen (secondary N) is 2. The van der Waals surface area contributed by atoms with Gasteiger partial charge in [-0.3, -0.25) is 0 Å². The number of carbonyl (C=O) groups is 1. The second kappa shape index (κ2) is 8.15. The van der Waals surface area contributed by atoms with E-state index in [1.807, 2.05) is 42.5 Å². The fourth-order valence-corrected chi connectivity index (χ4v) is 3.72. The molecule has 3 heterocycles. The van der Waals surface area contributed by atoms with E-state index in [1.165, 1.54) is 6.33 Å². The van der Waals surface area contributed by atoms with Crippen molar-refractivity contribution in [3.05, 3.63) is 60.6 Å². The maximum absolute atomic E-state index is 12.6. The topological polar surface area (TPSA) is 132 Å². The summed E-state index contributed by atoms with van der Waals surface area (Å²) in [4.78, 5) is 24.5. The normalized spacial score (nSPS) is 11.1. The Kier molecular flexibility index (Phi) is 5.02. The first kappa shape index (κ1) is 20.3. The standard InChI is InChI=1S/C23H21N7O3/c1-3-33-22(31)16-11-30-20(21(24)25-12-26-30)19(16)13-4-6-14(7-5-13)27-23-28-17-9-8-15(32-2)10-18(17)29-23/h4-12H,3H2,1-2H3,(H2,24,25,26)(H2,27,28,29). The third-order valence-corrected chi connectivity index (χ3v) is 5.22. The smallest absolute Gasteiger partial charge is 0.340 e. The van der Waals surface area contributed by atoms with Gasteiger partial charge in [0.05, 0.1) is 30.3 Å². The van der Waals surface area contributed by atoms with Gasteiger partial charge in [-0.05, 0) is 36.8 Å². The largest absolute Gasteiger partial charge is 0.497 e. The van der Waals surface area contributed by atoms with E-state index in [0.717, 1.165) is 28.0 Å². The summed E-state index contributed by atoms with van der Waals surface area (Å²) in [5.74, 6) is 1.17. The number of nitrogens with zero attached hydrogens (tertiary/aromatic N) is 4. The number of anilines is 3. The van der Waals surface area contributed by atoms with Gasteiger partial charge in [0.1, 0.15) is 17.6 Å². The molecule has 2 aromatic carbocycles. The van der Waals surface area contributed by atoms with Crippen LogP contribution in [0.5, 0.6) is 5.75 Å². The lowest BCUT2D eigenvalue weighted by Gasteiger charge is -2.08. The first-order valence-electron chi connectivity index (χ1n) is 10.3. The monoisotopic (exact) mass is 443 g/mol. The molecule has 0 aliphatic heterocycles. The van der Waals surface area contributed by atoms with Crippen molar-refractivity contribution in [1.82, 2.24) is 24.6 Å². The molecule has 0 saturated heterocycles. The van der Waals surface area contributed by atoms with E-state index in [4.69, 9.17) is 15.2 Å². The number of benzene rings is 2. The molecule has 0 spiro atoms. The summed E-state index contributed by atoms with van der Waals surface area (Å²) in [7, 11) is 1.62. The Bertz CT molecular complexity index is 1470. The van der Waals surface area contributed by atoms with Gasteiger partial charge in [0, 0.05) is 23.5 Å². The SMILES string of the molecule is CCOC(=O)c1cn2ncnc(N)c2c1-c1ccc(Nc2nc3cc(OC)ccc3[nH]2)cc1. The van der Waals surface area contributed by atoms with Gasteiger partial charge in [-0.15, -0.1) is 0 Å². The van der Waals surface area contributed by atoms with Crippen molar-refractivity contribution in [2.75, 3.05) is 24.8 Å². The highest BCUT2D eigenvalue weighted by molar-refractivity contribution is 6.04. The highest BCUT2D eigenvalue weighted by Crippen LogP contribution is 2.34. The van der Waals surface area contributed by atoms with Crippen molar-refractivity contribution in [2.45, 2.75) is 6.92 Å². The molecule has 0 radical (unpaired) electrons. The van der Waals surface area contributed by atoms with Gasteiger partial charge in [-0.2, -0.15) is 5.10 Å². The van der Waals surface area contributed by atoms with Gasteiger partial charge in [0.25, 0.3) is 0 Å². The van der Waals surface area contributed by atoms with Crippen LogP contribution in [0.4, 0.5) is 17.5 Å². The molecular formula is C23H21N7O3.